The highest BCUT2D eigenvalue weighted by atomic mass is 32.2. The first-order valence-electron chi connectivity index (χ1n) is 10.8. The van der Waals surface area contributed by atoms with Gasteiger partial charge in [0, 0.05) is 29.3 Å². The zero-order valence-corrected chi connectivity index (χ0v) is 19.4. The van der Waals surface area contributed by atoms with Crippen LogP contribution in [0.3, 0.4) is 0 Å². The lowest BCUT2D eigenvalue weighted by Crippen LogP contribution is -2.42. The van der Waals surface area contributed by atoms with Crippen LogP contribution in [0.1, 0.15) is 35.7 Å². The number of alkyl halides is 3. The molecular weight excluding hydrogens is 484 g/mol. The Morgan fingerprint density at radius 3 is 2.74 bits per heavy atom. The van der Waals surface area contributed by atoms with Gasteiger partial charge in [-0.3, -0.25) is 9.48 Å². The topological polar surface area (TPSA) is 68.8 Å². The Bertz CT molecular complexity index is 1340. The number of rotatable bonds is 4. The molecule has 12 heteroatoms. The Balaban J connectivity index is 1.39. The van der Waals surface area contributed by atoms with E-state index < -0.39 is 30.5 Å². The summed E-state index contributed by atoms with van der Waals surface area (Å²) in [5.41, 5.74) is 2.65. The molecule has 0 fully saturated rings. The number of amides is 1. The van der Waals surface area contributed by atoms with E-state index in [9.17, 15) is 22.4 Å². The summed E-state index contributed by atoms with van der Waals surface area (Å²) in [6.45, 7) is -1.51. The van der Waals surface area contributed by atoms with Gasteiger partial charge in [0.05, 0.1) is 18.1 Å². The van der Waals surface area contributed by atoms with Crippen LogP contribution < -0.4 is 4.90 Å². The molecule has 0 bridgehead atoms. The van der Waals surface area contributed by atoms with Crippen molar-refractivity contribution in [2.45, 2.75) is 31.5 Å². The third-order valence-electron chi connectivity index (χ3n) is 5.93. The van der Waals surface area contributed by atoms with E-state index in [1.165, 1.54) is 34.6 Å². The summed E-state index contributed by atoms with van der Waals surface area (Å²) in [7, 11) is 1.84. The lowest BCUT2D eigenvalue weighted by molar-refractivity contribution is -0.134. The monoisotopic (exact) mass is 504 g/mol. The maximum atomic E-state index is 14.4. The van der Waals surface area contributed by atoms with Crippen molar-refractivity contribution in [1.29, 1.82) is 0 Å². The molecular formula is C23H20F4N6OS. The van der Waals surface area contributed by atoms with Crippen molar-refractivity contribution in [3.63, 3.8) is 0 Å². The summed E-state index contributed by atoms with van der Waals surface area (Å²) >= 11 is 1.45. The number of benzene rings is 1. The molecule has 1 atom stereocenters. The van der Waals surface area contributed by atoms with Crippen molar-refractivity contribution in [3.8, 4) is 0 Å². The van der Waals surface area contributed by atoms with E-state index >= 15 is 0 Å². The molecule has 4 heterocycles. The number of allylic oxidation sites excluding steroid dienone is 2. The summed E-state index contributed by atoms with van der Waals surface area (Å²) in [6.07, 6.45) is 3.44. The van der Waals surface area contributed by atoms with Crippen LogP contribution in [0.15, 0.2) is 48.3 Å². The van der Waals surface area contributed by atoms with Gasteiger partial charge >= 0.3 is 6.18 Å². The molecule has 5 rings (SSSR count). The van der Waals surface area contributed by atoms with E-state index in [-0.39, 0.29) is 24.1 Å². The first-order valence-corrected chi connectivity index (χ1v) is 11.7. The molecule has 0 saturated carbocycles. The highest BCUT2D eigenvalue weighted by Gasteiger charge is 2.40. The quantitative estimate of drug-likeness (QED) is 0.480. The van der Waals surface area contributed by atoms with Crippen LogP contribution in [0.2, 0.25) is 0 Å². The fourth-order valence-corrected chi connectivity index (χ4v) is 5.15. The van der Waals surface area contributed by atoms with Crippen molar-refractivity contribution in [2.24, 2.45) is 7.05 Å². The van der Waals surface area contributed by atoms with E-state index in [2.05, 4.69) is 15.4 Å². The number of nitrogens with zero attached hydrogens (tertiary/aromatic N) is 6. The number of carbonyl (C=O) groups excluding carboxylic acids is 1. The molecule has 7 nitrogen and oxygen atoms in total. The molecule has 0 aliphatic carbocycles. The number of carbonyl (C=O) groups is 1. The maximum Gasteiger partial charge on any atom is 0.406 e. The summed E-state index contributed by atoms with van der Waals surface area (Å²) in [5, 5.41) is 14.4. The molecule has 35 heavy (non-hydrogen) atoms. The molecule has 0 spiro atoms. The van der Waals surface area contributed by atoms with Crippen LogP contribution in [0.4, 0.5) is 23.2 Å². The van der Waals surface area contributed by atoms with E-state index in [1.807, 2.05) is 24.7 Å². The number of aromatic nitrogens is 5. The Labute approximate surface area is 202 Å². The normalized spacial score (nSPS) is 18.7. The Kier molecular flexibility index (Phi) is 5.99. The van der Waals surface area contributed by atoms with Gasteiger partial charge in [0.15, 0.2) is 0 Å². The number of hydrogen-bond donors (Lipinski definition) is 0. The van der Waals surface area contributed by atoms with Gasteiger partial charge in [-0.15, -0.1) is 5.10 Å². The van der Waals surface area contributed by atoms with Gasteiger partial charge in [-0.1, -0.05) is 29.1 Å². The molecule has 0 saturated heterocycles. The lowest BCUT2D eigenvalue weighted by Gasteiger charge is -2.26. The van der Waals surface area contributed by atoms with Gasteiger partial charge < -0.3 is 4.90 Å². The van der Waals surface area contributed by atoms with Crippen LogP contribution in [0, 0.1) is 5.82 Å². The van der Waals surface area contributed by atoms with Crippen molar-refractivity contribution in [2.75, 3.05) is 11.4 Å². The Morgan fingerprint density at radius 2 is 2.06 bits per heavy atom. The SMILES string of the molecule is Cn1cc(C2=CSC(c3cn(C4CCc5c(F)cccc5N(CC(F)(F)F)C4=O)nn3)=CC2)cn1. The number of fused-ring (bicyclic) bond motifs is 1. The van der Waals surface area contributed by atoms with Gasteiger partial charge in [0.2, 0.25) is 0 Å². The predicted molar refractivity (Wildman–Crippen MR) is 124 cm³/mol. The van der Waals surface area contributed by atoms with Crippen molar-refractivity contribution < 1.29 is 22.4 Å². The van der Waals surface area contributed by atoms with Crippen LogP contribution in [-0.2, 0) is 18.3 Å². The molecule has 1 unspecified atom stereocenters. The second-order valence-corrected chi connectivity index (χ2v) is 9.26. The number of thioether (sulfide) groups is 1. The highest BCUT2D eigenvalue weighted by Crippen LogP contribution is 2.38. The zero-order chi connectivity index (χ0) is 24.7. The fourth-order valence-electron chi connectivity index (χ4n) is 4.25. The minimum absolute atomic E-state index is 0.0613. The predicted octanol–water partition coefficient (Wildman–Crippen LogP) is 4.75. The van der Waals surface area contributed by atoms with Crippen molar-refractivity contribution in [1.82, 2.24) is 24.8 Å². The molecule has 3 aromatic rings. The third-order valence-corrected chi connectivity index (χ3v) is 6.97. The van der Waals surface area contributed by atoms with Gasteiger partial charge in [0.1, 0.15) is 24.1 Å². The Hall–Kier alpha value is -3.41. The van der Waals surface area contributed by atoms with Gasteiger partial charge in [0.25, 0.3) is 5.91 Å². The summed E-state index contributed by atoms with van der Waals surface area (Å²) in [6, 6.07) is 2.79. The molecule has 2 aliphatic heterocycles. The smallest absolute Gasteiger partial charge is 0.301 e. The van der Waals surface area contributed by atoms with Crippen LogP contribution in [-0.4, -0.2) is 43.4 Å². The molecule has 1 aromatic carbocycles. The summed E-state index contributed by atoms with van der Waals surface area (Å²) < 4.78 is 57.4. The minimum Gasteiger partial charge on any atom is -0.301 e. The third kappa shape index (κ3) is 4.75. The fraction of sp³-hybridized carbons (Fsp3) is 0.304. The summed E-state index contributed by atoms with van der Waals surface area (Å²) in [4.78, 5) is 14.7. The Morgan fingerprint density at radius 1 is 1.23 bits per heavy atom. The first kappa shape index (κ1) is 23.3. The van der Waals surface area contributed by atoms with Crippen LogP contribution in [0.5, 0.6) is 0 Å². The van der Waals surface area contributed by atoms with Gasteiger partial charge in [-0.05, 0) is 42.4 Å². The highest BCUT2D eigenvalue weighted by molar-refractivity contribution is 8.11. The standard InChI is InChI=1S/C23H20F4N6OS/c1-31-10-15(9-28-31)14-5-8-21(35-12-14)18-11-33(30-29-18)20-7-6-16-17(24)3-2-4-19(16)32(22(20)34)13-23(25,26)27/h2-4,8-12,20H,5-7,13H2,1H3. The second-order valence-electron chi connectivity index (χ2n) is 8.35. The molecule has 182 valence electrons. The second kappa shape index (κ2) is 8.99. The van der Waals surface area contributed by atoms with Crippen molar-refractivity contribution >= 4 is 33.8 Å². The van der Waals surface area contributed by atoms with Crippen LogP contribution in [0.25, 0.3) is 10.5 Å². The zero-order valence-electron chi connectivity index (χ0n) is 18.5. The average Bonchev–Trinajstić information content (AvgIpc) is 3.45. The van der Waals surface area contributed by atoms with E-state index in [0.29, 0.717) is 17.0 Å². The summed E-state index contributed by atoms with van der Waals surface area (Å²) in [5.74, 6) is -1.44. The average molecular weight is 505 g/mol. The number of anilines is 1. The lowest BCUT2D eigenvalue weighted by atomic mass is 10.1. The maximum absolute atomic E-state index is 14.4. The van der Waals surface area contributed by atoms with E-state index in [0.717, 1.165) is 16.0 Å². The molecule has 0 N–H and O–H groups in total. The van der Waals surface area contributed by atoms with Crippen LogP contribution >= 0.6 is 11.8 Å². The largest absolute Gasteiger partial charge is 0.406 e. The number of halogens is 4. The molecule has 1 amide bonds. The van der Waals surface area contributed by atoms with Crippen molar-refractivity contribution in [3.05, 3.63) is 70.9 Å². The van der Waals surface area contributed by atoms with Gasteiger partial charge in [-0.25, -0.2) is 9.07 Å². The molecule has 0 radical (unpaired) electrons. The minimum atomic E-state index is -4.65. The van der Waals surface area contributed by atoms with Gasteiger partial charge in [-0.2, -0.15) is 18.3 Å². The molecule has 2 aliphatic rings. The number of hydrogen-bond acceptors (Lipinski definition) is 5. The first-order chi connectivity index (χ1) is 16.7. The molecule has 2 aromatic heterocycles. The van der Waals surface area contributed by atoms with E-state index in [4.69, 9.17) is 0 Å². The van der Waals surface area contributed by atoms with E-state index in [1.54, 1.807) is 17.1 Å². The number of aryl methyl sites for hydroxylation is 1.